The second-order valence-corrected chi connectivity index (χ2v) is 6.00. The van der Waals surface area contributed by atoms with Crippen molar-refractivity contribution in [2.45, 2.75) is 25.7 Å². The van der Waals surface area contributed by atoms with Crippen molar-refractivity contribution in [3.63, 3.8) is 0 Å². The molecule has 0 saturated carbocycles. The van der Waals surface area contributed by atoms with Gasteiger partial charge in [-0.3, -0.25) is 4.79 Å². The molecule has 0 atom stereocenters. The number of nitrogens with two attached hydrogens (primary N) is 1. The zero-order valence-electron chi connectivity index (χ0n) is 12.4. The molecule has 2 heterocycles. The van der Waals surface area contributed by atoms with Gasteiger partial charge >= 0.3 is 5.97 Å². The largest absolute Gasteiger partial charge is 0.465 e. The number of esters is 1. The lowest BCUT2D eigenvalue weighted by Gasteiger charge is -2.21. The summed E-state index contributed by atoms with van der Waals surface area (Å²) < 4.78 is 4.84. The van der Waals surface area contributed by atoms with E-state index in [1.807, 2.05) is 0 Å². The van der Waals surface area contributed by atoms with Crippen LogP contribution in [-0.2, 0) is 4.74 Å². The summed E-state index contributed by atoms with van der Waals surface area (Å²) in [6, 6.07) is 0. The number of nitrogen functional groups attached to an aromatic ring is 1. The lowest BCUT2D eigenvalue weighted by molar-refractivity contribution is 0.0603. The molecule has 1 saturated heterocycles. The molecular formula is C14H21N3O3S. The smallest absolute Gasteiger partial charge is 0.343 e. The van der Waals surface area contributed by atoms with Crippen molar-refractivity contribution in [1.29, 1.82) is 0 Å². The summed E-state index contributed by atoms with van der Waals surface area (Å²) in [4.78, 5) is 26.5. The first-order valence-corrected chi connectivity index (χ1v) is 7.89. The fourth-order valence-corrected chi connectivity index (χ4v) is 3.72. The normalized spacial score (nSPS) is 15.4. The van der Waals surface area contributed by atoms with Crippen molar-refractivity contribution in [3.05, 3.63) is 10.4 Å². The number of carbonyl (C=O) groups excluding carboxylic acids is 2. The van der Waals surface area contributed by atoms with Gasteiger partial charge in [0.15, 0.2) is 0 Å². The van der Waals surface area contributed by atoms with E-state index in [1.54, 1.807) is 7.05 Å². The molecule has 0 aliphatic carbocycles. The Morgan fingerprint density at radius 3 is 2.38 bits per heavy atom. The molecular weight excluding hydrogens is 290 g/mol. The molecule has 1 aromatic rings. The minimum absolute atomic E-state index is 0.213. The van der Waals surface area contributed by atoms with Crippen LogP contribution in [0.4, 0.5) is 10.7 Å². The monoisotopic (exact) mass is 311 g/mol. The first-order chi connectivity index (χ1) is 10.1. The highest BCUT2D eigenvalue weighted by atomic mass is 32.1. The number of thiophene rings is 1. The summed E-state index contributed by atoms with van der Waals surface area (Å²) in [5.74, 6) is -0.762. The lowest BCUT2D eigenvalue weighted by Crippen LogP contribution is -2.25. The van der Waals surface area contributed by atoms with E-state index in [0.29, 0.717) is 10.4 Å². The van der Waals surface area contributed by atoms with Crippen LogP contribution in [0.25, 0.3) is 0 Å². The molecule has 1 aliphatic heterocycles. The molecule has 0 radical (unpaired) electrons. The zero-order chi connectivity index (χ0) is 15.4. The van der Waals surface area contributed by atoms with E-state index in [2.05, 4.69) is 10.2 Å². The van der Waals surface area contributed by atoms with Crippen LogP contribution in [0.1, 0.15) is 45.7 Å². The Labute approximate surface area is 128 Å². The molecule has 21 heavy (non-hydrogen) atoms. The molecule has 3 N–H and O–H groups in total. The quantitative estimate of drug-likeness (QED) is 0.832. The second kappa shape index (κ2) is 6.80. The second-order valence-electron chi connectivity index (χ2n) is 5.00. The highest BCUT2D eigenvalue weighted by Gasteiger charge is 2.28. The summed E-state index contributed by atoms with van der Waals surface area (Å²) in [7, 11) is 2.87. The standard InChI is InChI=1S/C14H21N3O3S/c1-16-12(18)11-10(15)9(14(19)20-2)13(21-11)17-7-5-3-4-6-8-17/h3-8,15H2,1-2H3,(H,16,18). The van der Waals surface area contributed by atoms with E-state index < -0.39 is 5.97 Å². The number of rotatable bonds is 3. The molecule has 1 fully saturated rings. The van der Waals surface area contributed by atoms with Gasteiger partial charge in [-0.25, -0.2) is 4.79 Å². The molecule has 7 heteroatoms. The highest BCUT2D eigenvalue weighted by Crippen LogP contribution is 2.39. The minimum atomic E-state index is -0.488. The number of ether oxygens (including phenoxy) is 1. The number of anilines is 2. The van der Waals surface area contributed by atoms with E-state index in [9.17, 15) is 9.59 Å². The lowest BCUT2D eigenvalue weighted by atomic mass is 10.2. The Bertz CT molecular complexity index is 534. The van der Waals surface area contributed by atoms with E-state index in [0.717, 1.165) is 30.9 Å². The number of nitrogens with zero attached hydrogens (tertiary/aromatic N) is 1. The number of carbonyl (C=O) groups is 2. The fraction of sp³-hybridized carbons (Fsp3) is 0.571. The van der Waals surface area contributed by atoms with E-state index in [4.69, 9.17) is 10.5 Å². The molecule has 0 aromatic carbocycles. The van der Waals surface area contributed by atoms with Gasteiger partial charge < -0.3 is 20.7 Å². The summed E-state index contributed by atoms with van der Waals surface area (Å²) in [5, 5.41) is 3.31. The molecule has 1 amide bonds. The first kappa shape index (κ1) is 15.6. The van der Waals surface area contributed by atoms with Gasteiger partial charge in [0.1, 0.15) is 15.4 Å². The van der Waals surface area contributed by atoms with Crippen LogP contribution in [0.2, 0.25) is 0 Å². The summed E-state index contributed by atoms with van der Waals surface area (Å²) in [5.41, 5.74) is 6.56. The van der Waals surface area contributed by atoms with E-state index >= 15 is 0 Å². The van der Waals surface area contributed by atoms with Gasteiger partial charge in [-0.15, -0.1) is 11.3 Å². The van der Waals surface area contributed by atoms with Gasteiger partial charge in [-0.05, 0) is 12.8 Å². The van der Waals surface area contributed by atoms with Gasteiger partial charge in [0.25, 0.3) is 5.91 Å². The van der Waals surface area contributed by atoms with Crippen molar-refractivity contribution in [2.24, 2.45) is 0 Å². The third-order valence-electron chi connectivity index (χ3n) is 3.64. The molecule has 0 spiro atoms. The van der Waals surface area contributed by atoms with Crippen molar-refractivity contribution >= 4 is 33.9 Å². The van der Waals surface area contributed by atoms with Crippen molar-refractivity contribution < 1.29 is 14.3 Å². The Morgan fingerprint density at radius 2 is 1.86 bits per heavy atom. The highest BCUT2D eigenvalue weighted by molar-refractivity contribution is 7.19. The topological polar surface area (TPSA) is 84.7 Å². The van der Waals surface area contributed by atoms with E-state index in [1.165, 1.54) is 31.3 Å². The zero-order valence-corrected chi connectivity index (χ0v) is 13.2. The number of methoxy groups -OCH3 is 1. The molecule has 0 unspecified atom stereocenters. The predicted molar refractivity (Wildman–Crippen MR) is 84.1 cm³/mol. The molecule has 1 aromatic heterocycles. The van der Waals surface area contributed by atoms with Crippen LogP contribution in [0.5, 0.6) is 0 Å². The van der Waals surface area contributed by atoms with Crippen LogP contribution in [0.15, 0.2) is 0 Å². The number of hydrogen-bond acceptors (Lipinski definition) is 6. The van der Waals surface area contributed by atoms with Crippen molar-refractivity contribution in [3.8, 4) is 0 Å². The van der Waals surface area contributed by atoms with Crippen molar-refractivity contribution in [2.75, 3.05) is 37.9 Å². The average molecular weight is 311 g/mol. The third-order valence-corrected chi connectivity index (χ3v) is 4.91. The van der Waals surface area contributed by atoms with Gasteiger partial charge in [0.2, 0.25) is 0 Å². The minimum Gasteiger partial charge on any atom is -0.465 e. The third kappa shape index (κ3) is 3.12. The fourth-order valence-electron chi connectivity index (χ4n) is 2.51. The molecule has 6 nitrogen and oxygen atoms in total. The average Bonchev–Trinajstić information content (AvgIpc) is 2.69. The maximum atomic E-state index is 12.1. The summed E-state index contributed by atoms with van der Waals surface area (Å²) in [6.07, 6.45) is 4.53. The Hall–Kier alpha value is -1.76. The van der Waals surface area contributed by atoms with Crippen LogP contribution in [0.3, 0.4) is 0 Å². The predicted octanol–water partition coefficient (Wildman–Crippen LogP) is 1.86. The van der Waals surface area contributed by atoms with Gasteiger partial charge in [-0.2, -0.15) is 0 Å². The first-order valence-electron chi connectivity index (χ1n) is 7.07. The van der Waals surface area contributed by atoms with Gasteiger partial charge in [0, 0.05) is 20.1 Å². The summed E-state index contributed by atoms with van der Waals surface area (Å²) >= 11 is 1.27. The van der Waals surface area contributed by atoms with Crippen LogP contribution >= 0.6 is 11.3 Å². The number of hydrogen-bond donors (Lipinski definition) is 2. The van der Waals surface area contributed by atoms with Crippen LogP contribution in [-0.4, -0.2) is 39.1 Å². The van der Waals surface area contributed by atoms with E-state index in [-0.39, 0.29) is 11.6 Å². The maximum Gasteiger partial charge on any atom is 0.343 e. The Kier molecular flexibility index (Phi) is 5.06. The molecule has 1 aliphatic rings. The van der Waals surface area contributed by atoms with Gasteiger partial charge in [0.05, 0.1) is 12.8 Å². The Morgan fingerprint density at radius 1 is 1.24 bits per heavy atom. The number of amides is 1. The summed E-state index contributed by atoms with van der Waals surface area (Å²) in [6.45, 7) is 1.74. The number of nitrogens with one attached hydrogen (secondary N) is 1. The van der Waals surface area contributed by atoms with Crippen LogP contribution < -0.4 is 16.0 Å². The maximum absolute atomic E-state index is 12.1. The van der Waals surface area contributed by atoms with Crippen LogP contribution in [0, 0.1) is 0 Å². The SMILES string of the molecule is CNC(=O)c1sc(N2CCCCCC2)c(C(=O)OC)c1N. The molecule has 0 bridgehead atoms. The van der Waals surface area contributed by atoms with Crippen molar-refractivity contribution in [1.82, 2.24) is 5.32 Å². The van der Waals surface area contributed by atoms with Gasteiger partial charge in [-0.1, -0.05) is 12.8 Å². The Balaban J connectivity index is 2.46. The molecule has 116 valence electrons. The molecule has 2 rings (SSSR count).